The summed E-state index contributed by atoms with van der Waals surface area (Å²) in [6.07, 6.45) is 1.70. The summed E-state index contributed by atoms with van der Waals surface area (Å²) in [5.74, 6) is -1.18. The van der Waals surface area contributed by atoms with Crippen LogP contribution in [0, 0.1) is 24.0 Å². The van der Waals surface area contributed by atoms with Crippen molar-refractivity contribution in [1.29, 1.82) is 0 Å². The quantitative estimate of drug-likeness (QED) is 0.437. The number of carboxylic acid groups (broad SMARTS) is 1. The number of non-ortho nitro benzene ring substituents is 1. The molecule has 126 valence electrons. The van der Waals surface area contributed by atoms with Gasteiger partial charge in [-0.25, -0.2) is 9.78 Å². The largest absolute Gasteiger partial charge is 0.476 e. The summed E-state index contributed by atoms with van der Waals surface area (Å²) in [5.41, 5.74) is 1.92. The normalized spacial score (nSPS) is 11.3. The lowest BCUT2D eigenvalue weighted by Gasteiger charge is -2.00. The van der Waals surface area contributed by atoms with Crippen molar-refractivity contribution in [3.8, 4) is 0 Å². The summed E-state index contributed by atoms with van der Waals surface area (Å²) >= 11 is 0. The zero-order valence-electron chi connectivity index (χ0n) is 13.4. The summed E-state index contributed by atoms with van der Waals surface area (Å²) in [4.78, 5) is 25.8. The summed E-state index contributed by atoms with van der Waals surface area (Å²) in [6.45, 7) is 3.58. The number of imidazole rings is 1. The number of rotatable bonds is 4. The fraction of sp³-hybridized carbons (Fsp3) is 0.125. The van der Waals surface area contributed by atoms with Crippen molar-refractivity contribution in [2.45, 2.75) is 13.8 Å². The second-order valence-electron chi connectivity index (χ2n) is 5.45. The average Bonchev–Trinajstić information content (AvgIpc) is 2.92. The van der Waals surface area contributed by atoms with Crippen LogP contribution in [0.1, 0.15) is 21.6 Å². The molecule has 0 bridgehead atoms. The highest BCUT2D eigenvalue weighted by atomic mass is 16.6. The Labute approximate surface area is 141 Å². The number of hydrogen-bond acceptors (Lipinski definition) is 6. The summed E-state index contributed by atoms with van der Waals surface area (Å²) in [5, 5.41) is 28.3. The van der Waals surface area contributed by atoms with Crippen molar-refractivity contribution in [2.75, 3.05) is 0 Å². The summed E-state index contributed by atoms with van der Waals surface area (Å²) < 4.78 is 1.52. The molecule has 9 nitrogen and oxygen atoms in total. The second kappa shape index (κ2) is 6.11. The predicted octanol–water partition coefficient (Wildman–Crippen LogP) is 3.97. The van der Waals surface area contributed by atoms with Crippen LogP contribution in [0.4, 0.5) is 17.2 Å². The maximum atomic E-state index is 11.4. The number of benzene rings is 1. The number of fused-ring (bicyclic) bond motifs is 1. The van der Waals surface area contributed by atoms with Gasteiger partial charge < -0.3 is 5.11 Å². The first-order chi connectivity index (χ1) is 11.9. The highest BCUT2D eigenvalue weighted by Crippen LogP contribution is 2.28. The van der Waals surface area contributed by atoms with E-state index in [1.54, 1.807) is 31.3 Å². The van der Waals surface area contributed by atoms with E-state index in [1.165, 1.54) is 16.5 Å². The number of nitro groups is 1. The predicted molar refractivity (Wildman–Crippen MR) is 88.9 cm³/mol. The molecule has 0 fully saturated rings. The van der Waals surface area contributed by atoms with Gasteiger partial charge in [0.2, 0.25) is 0 Å². The molecule has 0 aliphatic heterocycles. The molecule has 0 radical (unpaired) electrons. The fourth-order valence-electron chi connectivity index (χ4n) is 2.30. The molecule has 0 atom stereocenters. The molecule has 0 saturated carbocycles. The van der Waals surface area contributed by atoms with Gasteiger partial charge in [-0.15, -0.1) is 10.2 Å². The van der Waals surface area contributed by atoms with Gasteiger partial charge in [-0.2, -0.15) is 0 Å². The van der Waals surface area contributed by atoms with Crippen molar-refractivity contribution in [1.82, 2.24) is 9.38 Å². The number of azo groups is 1. The van der Waals surface area contributed by atoms with Crippen LogP contribution in [0.15, 0.2) is 46.8 Å². The molecule has 3 rings (SSSR count). The average molecular weight is 339 g/mol. The van der Waals surface area contributed by atoms with Crippen LogP contribution < -0.4 is 0 Å². The van der Waals surface area contributed by atoms with Gasteiger partial charge in [0.15, 0.2) is 11.5 Å². The third kappa shape index (κ3) is 3.07. The highest BCUT2D eigenvalue weighted by molar-refractivity contribution is 5.91. The van der Waals surface area contributed by atoms with Gasteiger partial charge in [-0.3, -0.25) is 14.5 Å². The van der Waals surface area contributed by atoms with Gasteiger partial charge >= 0.3 is 5.97 Å². The number of pyridine rings is 1. The van der Waals surface area contributed by atoms with Gasteiger partial charge in [-0.05, 0) is 31.0 Å². The van der Waals surface area contributed by atoms with Crippen molar-refractivity contribution in [2.24, 2.45) is 10.2 Å². The number of carboxylic acids is 1. The molecule has 1 N–H and O–H groups in total. The minimum atomic E-state index is -1.23. The van der Waals surface area contributed by atoms with Crippen molar-refractivity contribution < 1.29 is 14.8 Å². The van der Waals surface area contributed by atoms with Gasteiger partial charge in [0.25, 0.3) is 5.69 Å². The Hall–Kier alpha value is -3.62. The molecule has 0 spiro atoms. The molecule has 2 heterocycles. The molecular formula is C16H13N5O4. The number of aromatic nitrogens is 2. The van der Waals surface area contributed by atoms with Crippen LogP contribution in [-0.2, 0) is 0 Å². The number of aryl methyl sites for hydroxylation is 2. The molecule has 0 unspecified atom stereocenters. The first-order valence-corrected chi connectivity index (χ1v) is 7.25. The van der Waals surface area contributed by atoms with Crippen molar-refractivity contribution in [3.05, 3.63) is 63.5 Å². The van der Waals surface area contributed by atoms with E-state index in [4.69, 9.17) is 0 Å². The maximum absolute atomic E-state index is 11.4. The second-order valence-corrected chi connectivity index (χ2v) is 5.45. The van der Waals surface area contributed by atoms with Crippen LogP contribution in [0.2, 0.25) is 0 Å². The van der Waals surface area contributed by atoms with E-state index in [0.29, 0.717) is 11.2 Å². The zero-order chi connectivity index (χ0) is 18.1. The standard InChI is InChI=1S/C16H13N5O4/c1-9-3-6-13-17-14(16(22)23)15(20(13)8-9)19-18-12-7-11(21(24)25)5-4-10(12)2/h3-8H,1-2H3,(H,22,23). The van der Waals surface area contributed by atoms with Crippen LogP contribution in [0.3, 0.4) is 0 Å². The number of nitro benzene ring substituents is 1. The molecule has 0 aliphatic carbocycles. The summed E-state index contributed by atoms with van der Waals surface area (Å²) in [7, 11) is 0. The van der Waals surface area contributed by atoms with E-state index in [9.17, 15) is 20.0 Å². The SMILES string of the molecule is Cc1ccc2nc(C(=O)O)c(N=Nc3cc([N+](=O)[O-])ccc3C)n2c1. The minimum absolute atomic E-state index is 0.0529. The molecular weight excluding hydrogens is 326 g/mol. The van der Waals surface area contributed by atoms with E-state index in [2.05, 4.69) is 15.2 Å². The monoisotopic (exact) mass is 339 g/mol. The molecule has 2 aromatic heterocycles. The molecule has 0 aliphatic rings. The van der Waals surface area contributed by atoms with Crippen LogP contribution >= 0.6 is 0 Å². The number of aromatic carboxylic acids is 1. The molecule has 1 aromatic carbocycles. The third-order valence-corrected chi connectivity index (χ3v) is 3.60. The van der Waals surface area contributed by atoms with E-state index in [-0.39, 0.29) is 22.9 Å². The zero-order valence-corrected chi connectivity index (χ0v) is 13.4. The Morgan fingerprint density at radius 1 is 1.24 bits per heavy atom. The number of hydrogen-bond donors (Lipinski definition) is 1. The molecule has 0 saturated heterocycles. The molecule has 25 heavy (non-hydrogen) atoms. The van der Waals surface area contributed by atoms with E-state index in [1.807, 2.05) is 6.92 Å². The van der Waals surface area contributed by atoms with Crippen LogP contribution in [0.5, 0.6) is 0 Å². The van der Waals surface area contributed by atoms with Gasteiger partial charge in [-0.1, -0.05) is 12.1 Å². The first-order valence-electron chi connectivity index (χ1n) is 7.25. The van der Waals surface area contributed by atoms with Gasteiger partial charge in [0, 0.05) is 18.3 Å². The fourth-order valence-corrected chi connectivity index (χ4v) is 2.30. The maximum Gasteiger partial charge on any atom is 0.358 e. The number of carbonyl (C=O) groups is 1. The Morgan fingerprint density at radius 3 is 2.68 bits per heavy atom. The smallest absolute Gasteiger partial charge is 0.358 e. The Morgan fingerprint density at radius 2 is 2.00 bits per heavy atom. The lowest BCUT2D eigenvalue weighted by atomic mass is 10.2. The Bertz CT molecular complexity index is 1040. The van der Waals surface area contributed by atoms with E-state index >= 15 is 0 Å². The van der Waals surface area contributed by atoms with E-state index < -0.39 is 10.9 Å². The molecule has 0 amide bonds. The molecule has 3 aromatic rings. The lowest BCUT2D eigenvalue weighted by molar-refractivity contribution is -0.384. The van der Waals surface area contributed by atoms with E-state index in [0.717, 1.165) is 5.56 Å². The Balaban J connectivity index is 2.14. The third-order valence-electron chi connectivity index (χ3n) is 3.60. The van der Waals surface area contributed by atoms with Gasteiger partial charge in [0.1, 0.15) is 5.65 Å². The van der Waals surface area contributed by atoms with Gasteiger partial charge in [0.05, 0.1) is 10.6 Å². The van der Waals surface area contributed by atoms with Crippen LogP contribution in [-0.4, -0.2) is 25.4 Å². The lowest BCUT2D eigenvalue weighted by Crippen LogP contribution is -1.96. The minimum Gasteiger partial charge on any atom is -0.476 e. The van der Waals surface area contributed by atoms with Crippen molar-refractivity contribution >= 4 is 28.8 Å². The van der Waals surface area contributed by atoms with Crippen LogP contribution in [0.25, 0.3) is 5.65 Å². The number of nitrogens with zero attached hydrogens (tertiary/aromatic N) is 5. The first kappa shape index (κ1) is 16.2. The topological polar surface area (TPSA) is 122 Å². The molecule has 9 heteroatoms. The van der Waals surface area contributed by atoms with Crippen molar-refractivity contribution in [3.63, 3.8) is 0 Å². The summed E-state index contributed by atoms with van der Waals surface area (Å²) in [6, 6.07) is 7.70. The Kier molecular flexibility index (Phi) is 3.97. The highest BCUT2D eigenvalue weighted by Gasteiger charge is 2.18.